The van der Waals surface area contributed by atoms with Gasteiger partial charge in [-0.15, -0.1) is 0 Å². The third kappa shape index (κ3) is 3.34. The number of carbonyl (C=O) groups is 1. The largest absolute Gasteiger partial charge is 0.494 e. The fraction of sp³-hybridized carbons (Fsp3) is 0.364. The third-order valence-corrected chi connectivity index (χ3v) is 3.20. The molecule has 0 fully saturated rings. The predicted octanol–water partition coefficient (Wildman–Crippen LogP) is 3.91. The minimum absolute atomic E-state index is 0.0314. The molecule has 0 heterocycles. The second kappa shape index (κ2) is 5.24. The standard InChI is InChI=1S/C11H10F3IO2/c1-3-17-7-4-8(6(2)16)10(15)9(5-7)11(12,13)14/h4-5H,3H2,1-2H3. The van der Waals surface area contributed by atoms with E-state index in [-0.39, 0.29) is 21.5 Å². The molecule has 0 amide bonds. The Kier molecular flexibility index (Phi) is 4.40. The van der Waals surface area contributed by atoms with Crippen LogP contribution in [0, 0.1) is 3.57 Å². The van der Waals surface area contributed by atoms with E-state index in [0.717, 1.165) is 6.07 Å². The van der Waals surface area contributed by atoms with Gasteiger partial charge < -0.3 is 4.74 Å². The number of carbonyl (C=O) groups excluding carboxylic acids is 1. The van der Waals surface area contributed by atoms with Crippen molar-refractivity contribution in [1.29, 1.82) is 0 Å². The maximum atomic E-state index is 12.7. The van der Waals surface area contributed by atoms with Gasteiger partial charge in [-0.2, -0.15) is 13.2 Å². The minimum Gasteiger partial charge on any atom is -0.494 e. The van der Waals surface area contributed by atoms with Gasteiger partial charge in [-0.05, 0) is 48.6 Å². The summed E-state index contributed by atoms with van der Waals surface area (Å²) in [7, 11) is 0. The molecule has 0 atom stereocenters. The zero-order valence-corrected chi connectivity index (χ0v) is 11.3. The first-order valence-electron chi connectivity index (χ1n) is 4.81. The van der Waals surface area contributed by atoms with Crippen molar-refractivity contribution in [2.24, 2.45) is 0 Å². The second-order valence-electron chi connectivity index (χ2n) is 3.32. The summed E-state index contributed by atoms with van der Waals surface area (Å²) in [5.41, 5.74) is -0.807. The summed E-state index contributed by atoms with van der Waals surface area (Å²) in [6.07, 6.45) is -4.49. The molecule has 0 aliphatic heterocycles. The van der Waals surface area contributed by atoms with E-state index >= 15 is 0 Å². The molecule has 0 radical (unpaired) electrons. The van der Waals surface area contributed by atoms with E-state index in [1.54, 1.807) is 6.92 Å². The SMILES string of the molecule is CCOc1cc(C(C)=O)c(I)c(C(F)(F)F)c1. The van der Waals surface area contributed by atoms with E-state index in [0.29, 0.717) is 0 Å². The molecule has 1 rings (SSSR count). The van der Waals surface area contributed by atoms with Crippen molar-refractivity contribution in [1.82, 2.24) is 0 Å². The van der Waals surface area contributed by atoms with E-state index in [4.69, 9.17) is 4.74 Å². The number of ether oxygens (including phenoxy) is 1. The van der Waals surface area contributed by atoms with Crippen LogP contribution in [0.2, 0.25) is 0 Å². The molecule has 2 nitrogen and oxygen atoms in total. The highest BCUT2D eigenvalue weighted by Gasteiger charge is 2.35. The molecule has 17 heavy (non-hydrogen) atoms. The Morgan fingerprint density at radius 3 is 2.41 bits per heavy atom. The first-order valence-corrected chi connectivity index (χ1v) is 5.89. The van der Waals surface area contributed by atoms with Crippen LogP contribution in [0.15, 0.2) is 12.1 Å². The number of hydrogen-bond acceptors (Lipinski definition) is 2. The van der Waals surface area contributed by atoms with Crippen molar-refractivity contribution in [2.75, 3.05) is 6.61 Å². The topological polar surface area (TPSA) is 26.3 Å². The molecule has 0 unspecified atom stereocenters. The van der Waals surface area contributed by atoms with Crippen molar-refractivity contribution < 1.29 is 22.7 Å². The average molecular weight is 358 g/mol. The van der Waals surface area contributed by atoms with Gasteiger partial charge in [0.1, 0.15) is 5.75 Å². The molecule has 6 heteroatoms. The molecule has 0 saturated carbocycles. The normalized spacial score (nSPS) is 11.4. The average Bonchev–Trinajstić information content (AvgIpc) is 2.18. The van der Waals surface area contributed by atoms with Gasteiger partial charge in [-0.25, -0.2) is 0 Å². The highest BCUT2D eigenvalue weighted by molar-refractivity contribution is 14.1. The lowest BCUT2D eigenvalue weighted by Crippen LogP contribution is -2.12. The van der Waals surface area contributed by atoms with Gasteiger partial charge in [-0.1, -0.05) is 0 Å². The highest BCUT2D eigenvalue weighted by Crippen LogP contribution is 2.37. The van der Waals surface area contributed by atoms with E-state index in [1.165, 1.54) is 35.6 Å². The molecule has 1 aromatic carbocycles. The van der Waals surface area contributed by atoms with Crippen molar-refractivity contribution in [3.8, 4) is 5.75 Å². The van der Waals surface area contributed by atoms with Gasteiger partial charge in [-0.3, -0.25) is 4.79 Å². The van der Waals surface area contributed by atoms with Crippen LogP contribution >= 0.6 is 22.6 Å². The molecule has 0 bridgehead atoms. The number of halogens is 4. The minimum atomic E-state index is -4.49. The number of benzene rings is 1. The van der Waals surface area contributed by atoms with Crippen LogP contribution < -0.4 is 4.74 Å². The number of Topliss-reactive ketones (excluding diaryl/α,β-unsaturated/α-hetero) is 1. The maximum absolute atomic E-state index is 12.7. The fourth-order valence-electron chi connectivity index (χ4n) is 1.31. The van der Waals surface area contributed by atoms with Crippen LogP contribution in [0.5, 0.6) is 5.75 Å². The summed E-state index contributed by atoms with van der Waals surface area (Å²) in [5.74, 6) is -0.355. The Bertz CT molecular complexity index is 441. The molecular formula is C11H10F3IO2. The summed E-state index contributed by atoms with van der Waals surface area (Å²) >= 11 is 1.53. The van der Waals surface area contributed by atoms with Crippen molar-refractivity contribution in [2.45, 2.75) is 20.0 Å². The smallest absolute Gasteiger partial charge is 0.417 e. The van der Waals surface area contributed by atoms with E-state index in [9.17, 15) is 18.0 Å². The van der Waals surface area contributed by atoms with E-state index in [2.05, 4.69) is 0 Å². The molecule has 0 N–H and O–H groups in total. The van der Waals surface area contributed by atoms with E-state index < -0.39 is 17.5 Å². The van der Waals surface area contributed by atoms with Gasteiger partial charge in [0.25, 0.3) is 0 Å². The number of alkyl halides is 3. The summed E-state index contributed by atoms with van der Waals surface area (Å²) in [6.45, 7) is 3.14. The summed E-state index contributed by atoms with van der Waals surface area (Å²) in [5, 5.41) is 0. The molecule has 0 spiro atoms. The van der Waals surface area contributed by atoms with Crippen LogP contribution in [0.1, 0.15) is 29.8 Å². The molecule has 0 aliphatic carbocycles. The van der Waals surface area contributed by atoms with Gasteiger partial charge in [0.05, 0.1) is 12.2 Å². The maximum Gasteiger partial charge on any atom is 0.417 e. The molecule has 1 aromatic rings. The highest BCUT2D eigenvalue weighted by atomic mass is 127. The summed E-state index contributed by atoms with van der Waals surface area (Å²) in [4.78, 5) is 11.3. The van der Waals surface area contributed by atoms with E-state index in [1.807, 2.05) is 0 Å². The first kappa shape index (κ1) is 14.3. The van der Waals surface area contributed by atoms with Gasteiger partial charge >= 0.3 is 6.18 Å². The summed E-state index contributed by atoms with van der Waals surface area (Å²) in [6, 6.07) is 2.25. The van der Waals surface area contributed by atoms with Crippen LogP contribution in [-0.2, 0) is 6.18 Å². The predicted molar refractivity (Wildman–Crippen MR) is 65.3 cm³/mol. The van der Waals surface area contributed by atoms with Gasteiger partial charge in [0.2, 0.25) is 0 Å². The Labute approximate surface area is 110 Å². The monoisotopic (exact) mass is 358 g/mol. The zero-order chi connectivity index (χ0) is 13.2. The Morgan fingerprint density at radius 1 is 1.41 bits per heavy atom. The lowest BCUT2D eigenvalue weighted by atomic mass is 10.1. The first-order chi connectivity index (χ1) is 7.77. The molecular weight excluding hydrogens is 348 g/mol. The van der Waals surface area contributed by atoms with Crippen molar-refractivity contribution in [3.05, 3.63) is 26.8 Å². The molecule has 0 aromatic heterocycles. The van der Waals surface area contributed by atoms with Gasteiger partial charge in [0, 0.05) is 9.13 Å². The van der Waals surface area contributed by atoms with Crippen LogP contribution in [-0.4, -0.2) is 12.4 Å². The van der Waals surface area contributed by atoms with Crippen molar-refractivity contribution in [3.63, 3.8) is 0 Å². The summed E-state index contributed by atoms with van der Waals surface area (Å²) < 4.78 is 43.2. The van der Waals surface area contributed by atoms with Crippen LogP contribution in [0.3, 0.4) is 0 Å². The number of ketones is 1. The zero-order valence-electron chi connectivity index (χ0n) is 9.19. The Hall–Kier alpha value is -0.790. The van der Waals surface area contributed by atoms with Gasteiger partial charge in [0.15, 0.2) is 5.78 Å². The molecule has 94 valence electrons. The van der Waals surface area contributed by atoms with Crippen LogP contribution in [0.4, 0.5) is 13.2 Å². The fourth-order valence-corrected chi connectivity index (χ4v) is 2.31. The quantitative estimate of drug-likeness (QED) is 0.605. The Morgan fingerprint density at radius 2 is 2.00 bits per heavy atom. The molecule has 0 saturated heterocycles. The van der Waals surface area contributed by atoms with Crippen LogP contribution in [0.25, 0.3) is 0 Å². The number of hydrogen-bond donors (Lipinski definition) is 0. The second-order valence-corrected chi connectivity index (χ2v) is 4.40. The lowest BCUT2D eigenvalue weighted by Gasteiger charge is -2.14. The lowest BCUT2D eigenvalue weighted by molar-refractivity contribution is -0.138. The van der Waals surface area contributed by atoms with Crippen molar-refractivity contribution >= 4 is 28.4 Å². The Balaban J connectivity index is 3.43. The third-order valence-electron chi connectivity index (χ3n) is 2.04. The number of rotatable bonds is 3. The molecule has 0 aliphatic rings.